The first-order chi connectivity index (χ1) is 12.5. The second kappa shape index (κ2) is 6.56. The van der Waals surface area contributed by atoms with Gasteiger partial charge in [0.2, 0.25) is 0 Å². The molecule has 0 saturated carbocycles. The van der Waals surface area contributed by atoms with Crippen LogP contribution >= 0.6 is 23.2 Å². The highest BCUT2D eigenvalue weighted by atomic mass is 35.5. The molecule has 134 valence electrons. The number of carbonyl (C=O) groups excluding carboxylic acids is 2. The lowest BCUT2D eigenvalue weighted by atomic mass is 9.82. The Bertz CT molecular complexity index is 878. The maximum Gasteiger partial charge on any atom is 0.255 e. The fourth-order valence-electron chi connectivity index (χ4n) is 3.58. The number of ether oxygens (including phenoxy) is 1. The van der Waals surface area contributed by atoms with Gasteiger partial charge in [0.1, 0.15) is 11.4 Å². The number of benzene rings is 1. The van der Waals surface area contributed by atoms with Gasteiger partial charge >= 0.3 is 0 Å². The monoisotopic (exact) mass is 390 g/mol. The first-order valence-corrected chi connectivity index (χ1v) is 9.14. The number of hydrogen-bond acceptors (Lipinski definition) is 4. The molecule has 3 heterocycles. The number of Topliss-reactive ketones (excluding diaryl/α,β-unsaturated/α-hetero) is 1. The van der Waals surface area contributed by atoms with Crippen LogP contribution in [0.3, 0.4) is 0 Å². The zero-order valence-electron chi connectivity index (χ0n) is 13.9. The summed E-state index contributed by atoms with van der Waals surface area (Å²) < 4.78 is 6.19. The van der Waals surface area contributed by atoms with Crippen LogP contribution in [0.2, 0.25) is 10.0 Å². The predicted molar refractivity (Wildman–Crippen MR) is 98.1 cm³/mol. The number of likely N-dealkylation sites (tertiary alicyclic amines) is 1. The third-order valence-electron chi connectivity index (χ3n) is 4.98. The maximum atomic E-state index is 12.6. The minimum Gasteiger partial charge on any atom is -0.484 e. The molecule has 0 radical (unpaired) electrons. The number of ketones is 1. The Morgan fingerprint density at radius 1 is 1.23 bits per heavy atom. The second-order valence-corrected chi connectivity index (χ2v) is 7.53. The van der Waals surface area contributed by atoms with Gasteiger partial charge in [-0.1, -0.05) is 23.2 Å². The maximum absolute atomic E-state index is 12.6. The summed E-state index contributed by atoms with van der Waals surface area (Å²) in [4.78, 5) is 30.9. The van der Waals surface area contributed by atoms with E-state index in [1.807, 2.05) is 0 Å². The van der Waals surface area contributed by atoms with Crippen molar-refractivity contribution in [2.45, 2.75) is 24.9 Å². The molecule has 0 atom stereocenters. The standard InChI is InChI=1S/C19H16Cl2N2O3/c20-13-8-14-16(24)10-19(26-17(14)15(21)9-13)3-6-23(7-4-19)18(25)12-2-1-5-22-11-12/h1-2,5,8-9,11H,3-4,6-7,10H2. The first-order valence-electron chi connectivity index (χ1n) is 8.38. The van der Waals surface area contributed by atoms with Crippen molar-refractivity contribution >= 4 is 34.9 Å². The zero-order chi connectivity index (χ0) is 18.3. The van der Waals surface area contributed by atoms with Crippen molar-refractivity contribution in [2.24, 2.45) is 0 Å². The highest BCUT2D eigenvalue weighted by molar-refractivity contribution is 6.36. The normalized spacial score (nSPS) is 18.4. The van der Waals surface area contributed by atoms with E-state index in [1.165, 1.54) is 0 Å². The third-order valence-corrected chi connectivity index (χ3v) is 5.48. The van der Waals surface area contributed by atoms with Crippen molar-refractivity contribution in [1.29, 1.82) is 0 Å². The van der Waals surface area contributed by atoms with Gasteiger partial charge in [-0.25, -0.2) is 0 Å². The van der Waals surface area contributed by atoms with Gasteiger partial charge in [0.15, 0.2) is 5.78 Å². The molecule has 1 fully saturated rings. The van der Waals surface area contributed by atoms with E-state index in [9.17, 15) is 9.59 Å². The summed E-state index contributed by atoms with van der Waals surface area (Å²) >= 11 is 12.2. The molecule has 2 aromatic rings. The van der Waals surface area contributed by atoms with Gasteiger partial charge in [-0.3, -0.25) is 14.6 Å². The fraction of sp³-hybridized carbons (Fsp3) is 0.316. The molecule has 2 aliphatic heterocycles. The number of aromatic nitrogens is 1. The number of nitrogens with zero attached hydrogens (tertiary/aromatic N) is 2. The zero-order valence-corrected chi connectivity index (χ0v) is 15.4. The van der Waals surface area contributed by atoms with Crippen LogP contribution < -0.4 is 4.74 Å². The minimum atomic E-state index is -0.618. The minimum absolute atomic E-state index is 0.0253. The number of hydrogen-bond donors (Lipinski definition) is 0. The van der Waals surface area contributed by atoms with Crippen molar-refractivity contribution in [3.05, 3.63) is 57.8 Å². The molecule has 7 heteroatoms. The molecule has 0 N–H and O–H groups in total. The second-order valence-electron chi connectivity index (χ2n) is 6.68. The summed E-state index contributed by atoms with van der Waals surface area (Å²) in [6.07, 6.45) is 4.61. The van der Waals surface area contributed by atoms with E-state index in [0.29, 0.717) is 52.9 Å². The Morgan fingerprint density at radius 2 is 2.00 bits per heavy atom. The summed E-state index contributed by atoms with van der Waals surface area (Å²) in [5.41, 5.74) is 0.377. The molecule has 1 aromatic carbocycles. The van der Waals surface area contributed by atoms with Crippen LogP contribution in [-0.4, -0.2) is 40.3 Å². The smallest absolute Gasteiger partial charge is 0.255 e. The molecule has 5 nitrogen and oxygen atoms in total. The molecule has 0 bridgehead atoms. The van der Waals surface area contributed by atoms with Gasteiger partial charge in [-0.15, -0.1) is 0 Å². The Hall–Kier alpha value is -2.11. The first kappa shape index (κ1) is 17.3. The molecule has 0 unspecified atom stereocenters. The average Bonchev–Trinajstić information content (AvgIpc) is 2.64. The molecular weight excluding hydrogens is 375 g/mol. The topological polar surface area (TPSA) is 59.5 Å². The highest BCUT2D eigenvalue weighted by Gasteiger charge is 2.44. The van der Waals surface area contributed by atoms with E-state index in [1.54, 1.807) is 41.6 Å². The van der Waals surface area contributed by atoms with Gasteiger partial charge < -0.3 is 9.64 Å². The van der Waals surface area contributed by atoms with Gasteiger partial charge in [0.25, 0.3) is 5.91 Å². The molecule has 1 spiro atoms. The third kappa shape index (κ3) is 3.06. The Morgan fingerprint density at radius 3 is 2.69 bits per heavy atom. The van der Waals surface area contributed by atoms with E-state index < -0.39 is 5.60 Å². The highest BCUT2D eigenvalue weighted by Crippen LogP contribution is 2.44. The van der Waals surface area contributed by atoms with E-state index >= 15 is 0 Å². The quantitative estimate of drug-likeness (QED) is 0.737. The largest absolute Gasteiger partial charge is 0.484 e. The SMILES string of the molecule is O=C1CC2(CCN(C(=O)c3cccnc3)CC2)Oc2c(Cl)cc(Cl)cc21. The molecule has 2 aliphatic rings. The predicted octanol–water partition coefficient (Wildman–Crippen LogP) is 4.03. The summed E-state index contributed by atoms with van der Waals surface area (Å²) in [6, 6.07) is 6.67. The summed E-state index contributed by atoms with van der Waals surface area (Å²) in [7, 11) is 0. The molecule has 26 heavy (non-hydrogen) atoms. The van der Waals surface area contributed by atoms with Crippen LogP contribution in [0.1, 0.15) is 40.0 Å². The molecule has 1 amide bonds. The molecule has 1 aromatic heterocycles. The van der Waals surface area contributed by atoms with Crippen molar-refractivity contribution in [3.8, 4) is 5.75 Å². The van der Waals surface area contributed by atoms with Crippen LogP contribution in [0.15, 0.2) is 36.7 Å². The van der Waals surface area contributed by atoms with Crippen LogP contribution in [0.5, 0.6) is 5.75 Å². The average molecular weight is 391 g/mol. The molecule has 0 aliphatic carbocycles. The van der Waals surface area contributed by atoms with Gasteiger partial charge in [-0.05, 0) is 24.3 Å². The van der Waals surface area contributed by atoms with Gasteiger partial charge in [0, 0.05) is 43.3 Å². The van der Waals surface area contributed by atoms with Crippen molar-refractivity contribution < 1.29 is 14.3 Å². The number of rotatable bonds is 1. The van der Waals surface area contributed by atoms with Crippen molar-refractivity contribution in [1.82, 2.24) is 9.88 Å². The summed E-state index contributed by atoms with van der Waals surface area (Å²) in [5.74, 6) is 0.322. The van der Waals surface area contributed by atoms with Crippen molar-refractivity contribution in [2.75, 3.05) is 13.1 Å². The Balaban J connectivity index is 1.52. The molecule has 1 saturated heterocycles. The number of halogens is 2. The summed E-state index contributed by atoms with van der Waals surface area (Å²) in [5, 5.41) is 0.757. The van der Waals surface area contributed by atoms with E-state index in [4.69, 9.17) is 27.9 Å². The van der Waals surface area contributed by atoms with E-state index in [-0.39, 0.29) is 18.1 Å². The number of piperidine rings is 1. The van der Waals surface area contributed by atoms with E-state index in [2.05, 4.69) is 4.98 Å². The lowest BCUT2D eigenvalue weighted by molar-refractivity contribution is -0.00565. The number of carbonyl (C=O) groups is 2. The van der Waals surface area contributed by atoms with Crippen LogP contribution in [0, 0.1) is 0 Å². The summed E-state index contributed by atoms with van der Waals surface area (Å²) in [6.45, 7) is 1.03. The van der Waals surface area contributed by atoms with E-state index in [0.717, 1.165) is 0 Å². The number of pyridine rings is 1. The van der Waals surface area contributed by atoms with Gasteiger partial charge in [-0.2, -0.15) is 0 Å². The van der Waals surface area contributed by atoms with Crippen LogP contribution in [-0.2, 0) is 0 Å². The molecular formula is C19H16Cl2N2O3. The lowest BCUT2D eigenvalue weighted by Crippen LogP contribution is -2.52. The Kier molecular flexibility index (Phi) is 4.37. The van der Waals surface area contributed by atoms with Crippen LogP contribution in [0.25, 0.3) is 0 Å². The molecule has 4 rings (SSSR count). The van der Waals surface area contributed by atoms with Crippen LogP contribution in [0.4, 0.5) is 0 Å². The number of fused-ring (bicyclic) bond motifs is 1. The number of amides is 1. The van der Waals surface area contributed by atoms with Gasteiger partial charge in [0.05, 0.1) is 22.6 Å². The fourth-order valence-corrected chi connectivity index (χ4v) is 4.11. The lowest BCUT2D eigenvalue weighted by Gasteiger charge is -2.44. The Labute approximate surface area is 160 Å². The van der Waals surface area contributed by atoms with Crippen molar-refractivity contribution in [3.63, 3.8) is 0 Å².